The summed E-state index contributed by atoms with van der Waals surface area (Å²) in [7, 11) is -3.67. The van der Waals surface area contributed by atoms with Gasteiger partial charge in [-0.3, -0.25) is 4.79 Å². The van der Waals surface area contributed by atoms with Crippen molar-refractivity contribution >= 4 is 27.3 Å². The van der Waals surface area contributed by atoms with Gasteiger partial charge in [0, 0.05) is 39.3 Å². The van der Waals surface area contributed by atoms with Gasteiger partial charge in [-0.2, -0.15) is 4.31 Å². The number of hydrogen-bond acceptors (Lipinski definition) is 5. The number of likely N-dealkylation sites (N-methyl/N-ethyl adjacent to an activating group) is 1. The van der Waals surface area contributed by atoms with E-state index in [2.05, 4.69) is 22.0 Å². The third-order valence-corrected chi connectivity index (χ3v) is 8.07. The zero-order chi connectivity index (χ0) is 24.0. The Kier molecular flexibility index (Phi) is 8.45. The van der Waals surface area contributed by atoms with E-state index in [9.17, 15) is 17.6 Å². The zero-order valence-corrected chi connectivity index (χ0v) is 20.4. The molecule has 33 heavy (non-hydrogen) atoms. The maximum absolute atomic E-state index is 13.2. The highest BCUT2D eigenvalue weighted by Crippen LogP contribution is 2.31. The minimum absolute atomic E-state index is 0.0658. The first kappa shape index (κ1) is 25.1. The van der Waals surface area contributed by atoms with Crippen LogP contribution in [0.1, 0.15) is 26.3 Å². The number of nitrogens with one attached hydrogen (secondary N) is 1. The molecule has 0 saturated carbocycles. The molecule has 3 rings (SSSR count). The summed E-state index contributed by atoms with van der Waals surface area (Å²) in [5.74, 6) is -0.644. The summed E-state index contributed by atoms with van der Waals surface area (Å²) in [6, 6.07) is 10.7. The quantitative estimate of drug-likeness (QED) is 0.602. The van der Waals surface area contributed by atoms with E-state index in [4.69, 9.17) is 0 Å². The van der Waals surface area contributed by atoms with Gasteiger partial charge in [0.15, 0.2) is 0 Å². The van der Waals surface area contributed by atoms with Crippen LogP contribution in [0.2, 0.25) is 0 Å². The molecule has 1 aliphatic heterocycles. The van der Waals surface area contributed by atoms with E-state index in [1.165, 1.54) is 16.4 Å². The monoisotopic (exact) mass is 476 g/mol. The van der Waals surface area contributed by atoms with Crippen LogP contribution in [0.25, 0.3) is 0 Å². The molecular weight excluding hydrogens is 443 g/mol. The van der Waals surface area contributed by atoms with Gasteiger partial charge in [-0.05, 0) is 42.4 Å². The predicted molar refractivity (Wildman–Crippen MR) is 130 cm³/mol. The summed E-state index contributed by atoms with van der Waals surface area (Å²) in [6.07, 6.45) is 0.0658. The van der Waals surface area contributed by atoms with Gasteiger partial charge in [0.05, 0.1) is 22.7 Å². The molecule has 1 amide bonds. The van der Waals surface area contributed by atoms with E-state index in [-0.39, 0.29) is 23.0 Å². The van der Waals surface area contributed by atoms with Crippen LogP contribution in [0.5, 0.6) is 0 Å². The highest BCUT2D eigenvalue weighted by molar-refractivity contribution is 7.89. The van der Waals surface area contributed by atoms with Crippen molar-refractivity contribution < 1.29 is 17.6 Å². The van der Waals surface area contributed by atoms with Crippen LogP contribution in [-0.2, 0) is 21.2 Å². The fraction of sp³-hybridized carbons (Fsp3) is 0.458. The van der Waals surface area contributed by atoms with Gasteiger partial charge in [-0.15, -0.1) is 0 Å². The molecule has 7 nitrogen and oxygen atoms in total. The predicted octanol–water partition coefficient (Wildman–Crippen LogP) is 3.18. The van der Waals surface area contributed by atoms with Crippen LogP contribution in [0.15, 0.2) is 47.4 Å². The molecule has 1 N–H and O–H groups in total. The molecular formula is C24H33FN4O3S. The standard InChI is InChI=1S/C24H33FN4O3S/c1-4-27-13-15-28(16-14-27)23-12-11-21(33(31,32)29(5-2)6-3)18-22(23)26-24(30)17-19-7-9-20(25)10-8-19/h7-12,18H,4-6,13-17H2,1-3H3,(H,26,30). The first-order valence-corrected chi connectivity index (χ1v) is 12.9. The third-order valence-electron chi connectivity index (χ3n) is 6.02. The summed E-state index contributed by atoms with van der Waals surface area (Å²) in [6.45, 7) is 10.8. The SMILES string of the molecule is CCN1CCN(c2ccc(S(=O)(=O)N(CC)CC)cc2NC(=O)Cc2ccc(F)cc2)CC1. The highest BCUT2D eigenvalue weighted by atomic mass is 32.2. The van der Waals surface area contributed by atoms with Crippen molar-refractivity contribution in [2.24, 2.45) is 0 Å². The van der Waals surface area contributed by atoms with E-state index in [1.807, 2.05) is 0 Å². The molecule has 2 aromatic rings. The summed E-state index contributed by atoms with van der Waals surface area (Å²) in [4.78, 5) is 17.5. The fourth-order valence-corrected chi connectivity index (χ4v) is 5.54. The minimum Gasteiger partial charge on any atom is -0.367 e. The fourth-order valence-electron chi connectivity index (χ4n) is 4.05. The second-order valence-corrected chi connectivity index (χ2v) is 9.98. The molecule has 1 fully saturated rings. The molecule has 0 aliphatic carbocycles. The molecule has 0 radical (unpaired) electrons. The van der Waals surface area contributed by atoms with Gasteiger partial charge in [-0.25, -0.2) is 12.8 Å². The van der Waals surface area contributed by atoms with Crippen molar-refractivity contribution in [2.75, 3.05) is 56.0 Å². The average molecular weight is 477 g/mol. The molecule has 1 aliphatic rings. The summed E-state index contributed by atoms with van der Waals surface area (Å²) in [5.41, 5.74) is 1.95. The highest BCUT2D eigenvalue weighted by Gasteiger charge is 2.25. The third kappa shape index (κ3) is 6.10. The van der Waals surface area contributed by atoms with E-state index >= 15 is 0 Å². The lowest BCUT2D eigenvalue weighted by molar-refractivity contribution is -0.115. The summed E-state index contributed by atoms with van der Waals surface area (Å²) < 4.78 is 40.8. The van der Waals surface area contributed by atoms with Crippen molar-refractivity contribution in [3.63, 3.8) is 0 Å². The largest absolute Gasteiger partial charge is 0.367 e. The maximum atomic E-state index is 13.2. The maximum Gasteiger partial charge on any atom is 0.243 e. The van der Waals surface area contributed by atoms with Gasteiger partial charge in [-0.1, -0.05) is 32.9 Å². The van der Waals surface area contributed by atoms with E-state index < -0.39 is 10.0 Å². The Balaban J connectivity index is 1.90. The van der Waals surface area contributed by atoms with Crippen molar-refractivity contribution in [3.8, 4) is 0 Å². The van der Waals surface area contributed by atoms with Gasteiger partial charge in [0.2, 0.25) is 15.9 Å². The first-order valence-electron chi connectivity index (χ1n) is 11.4. The lowest BCUT2D eigenvalue weighted by atomic mass is 10.1. The van der Waals surface area contributed by atoms with Crippen LogP contribution in [0.4, 0.5) is 15.8 Å². The van der Waals surface area contributed by atoms with E-state index in [1.54, 1.807) is 44.2 Å². The number of sulfonamides is 1. The Morgan fingerprint density at radius 3 is 2.21 bits per heavy atom. The summed E-state index contributed by atoms with van der Waals surface area (Å²) in [5, 5.41) is 2.91. The lowest BCUT2D eigenvalue weighted by Crippen LogP contribution is -2.46. The minimum atomic E-state index is -3.67. The van der Waals surface area contributed by atoms with Crippen molar-refractivity contribution in [2.45, 2.75) is 32.1 Å². The number of piperazine rings is 1. The molecule has 1 saturated heterocycles. The molecule has 0 bridgehead atoms. The Bertz CT molecular complexity index is 1050. The second-order valence-electron chi connectivity index (χ2n) is 8.04. The van der Waals surface area contributed by atoms with Crippen LogP contribution in [0, 0.1) is 5.82 Å². The number of benzene rings is 2. The number of rotatable bonds is 9. The average Bonchev–Trinajstić information content (AvgIpc) is 2.81. The molecule has 2 aromatic carbocycles. The second kappa shape index (κ2) is 11.1. The number of carbonyl (C=O) groups excluding carboxylic acids is 1. The number of amides is 1. The molecule has 1 heterocycles. The van der Waals surface area contributed by atoms with Gasteiger partial charge < -0.3 is 15.1 Å². The zero-order valence-electron chi connectivity index (χ0n) is 19.6. The molecule has 180 valence electrons. The van der Waals surface area contributed by atoms with Crippen LogP contribution in [0.3, 0.4) is 0 Å². The number of anilines is 2. The molecule has 0 aromatic heterocycles. The molecule has 9 heteroatoms. The van der Waals surface area contributed by atoms with Crippen LogP contribution >= 0.6 is 0 Å². The van der Waals surface area contributed by atoms with Gasteiger partial charge in [0.25, 0.3) is 0 Å². The number of halogens is 1. The van der Waals surface area contributed by atoms with Gasteiger partial charge >= 0.3 is 0 Å². The smallest absolute Gasteiger partial charge is 0.243 e. The molecule has 0 atom stereocenters. The number of nitrogens with zero attached hydrogens (tertiary/aromatic N) is 3. The van der Waals surface area contributed by atoms with E-state index in [0.717, 1.165) is 38.4 Å². The van der Waals surface area contributed by atoms with Crippen LogP contribution in [-0.4, -0.2) is 69.3 Å². The van der Waals surface area contributed by atoms with Crippen LogP contribution < -0.4 is 10.2 Å². The normalized spacial score (nSPS) is 15.1. The van der Waals surface area contributed by atoms with Crippen molar-refractivity contribution in [3.05, 3.63) is 53.8 Å². The Labute approximate surface area is 196 Å². The summed E-state index contributed by atoms with van der Waals surface area (Å²) >= 11 is 0. The van der Waals surface area contributed by atoms with Crippen molar-refractivity contribution in [1.82, 2.24) is 9.21 Å². The lowest BCUT2D eigenvalue weighted by Gasteiger charge is -2.36. The van der Waals surface area contributed by atoms with Crippen molar-refractivity contribution in [1.29, 1.82) is 0 Å². The molecule has 0 spiro atoms. The topological polar surface area (TPSA) is 73.0 Å². The number of carbonyl (C=O) groups is 1. The Morgan fingerprint density at radius 1 is 1.00 bits per heavy atom. The first-order chi connectivity index (χ1) is 15.8. The van der Waals surface area contributed by atoms with Gasteiger partial charge in [0.1, 0.15) is 5.82 Å². The Hall–Kier alpha value is -2.49. The van der Waals surface area contributed by atoms with E-state index in [0.29, 0.717) is 24.3 Å². The Morgan fingerprint density at radius 2 is 1.64 bits per heavy atom. The number of hydrogen-bond donors (Lipinski definition) is 1. The molecule has 0 unspecified atom stereocenters.